The van der Waals surface area contributed by atoms with E-state index in [1.165, 1.54) is 12.8 Å². The molecule has 1 aromatic heterocycles. The second-order valence-electron chi connectivity index (χ2n) is 4.84. The molecule has 96 valence electrons. The first-order valence-electron chi connectivity index (χ1n) is 6.65. The van der Waals surface area contributed by atoms with Crippen LogP contribution in [0.3, 0.4) is 0 Å². The quantitative estimate of drug-likeness (QED) is 0.855. The summed E-state index contributed by atoms with van der Waals surface area (Å²) in [6.07, 6.45) is 5.60. The second kappa shape index (κ2) is 6.05. The number of aromatic nitrogens is 2. The Hall–Kier alpha value is -1.03. The number of rotatable bonds is 5. The highest BCUT2D eigenvalue weighted by atomic mass is 16.5. The van der Waals surface area contributed by atoms with Crippen molar-refractivity contribution in [1.82, 2.24) is 9.55 Å². The largest absolute Gasteiger partial charge is 0.381 e. The van der Waals surface area contributed by atoms with Gasteiger partial charge in [-0.05, 0) is 32.1 Å². The molecule has 0 aromatic carbocycles. The molecule has 0 aliphatic carbocycles. The number of ether oxygens (including phenoxy) is 1. The number of nitrogens with zero attached hydrogens (tertiary/aromatic N) is 2. The van der Waals surface area contributed by atoms with Crippen LogP contribution in [-0.2, 0) is 11.3 Å². The van der Waals surface area contributed by atoms with Crippen molar-refractivity contribution >= 4 is 5.95 Å². The fourth-order valence-corrected chi connectivity index (χ4v) is 2.29. The standard InChI is InChI=1S/C13H23N3O/c1-3-6-16-10-11(2)15-13(16)14-9-12-4-7-17-8-5-12/h10,12H,3-9H2,1-2H3,(H,14,15). The summed E-state index contributed by atoms with van der Waals surface area (Å²) >= 11 is 0. The summed E-state index contributed by atoms with van der Waals surface area (Å²) in [6, 6.07) is 0. The summed E-state index contributed by atoms with van der Waals surface area (Å²) in [4.78, 5) is 4.53. The second-order valence-corrected chi connectivity index (χ2v) is 4.84. The van der Waals surface area contributed by atoms with Crippen LogP contribution in [0.5, 0.6) is 0 Å². The lowest BCUT2D eigenvalue weighted by molar-refractivity contribution is 0.0699. The zero-order valence-corrected chi connectivity index (χ0v) is 10.9. The van der Waals surface area contributed by atoms with Gasteiger partial charge in [0, 0.05) is 32.5 Å². The van der Waals surface area contributed by atoms with Gasteiger partial charge in [0.15, 0.2) is 0 Å². The van der Waals surface area contributed by atoms with E-state index in [1.54, 1.807) is 0 Å². The lowest BCUT2D eigenvalue weighted by Crippen LogP contribution is -2.23. The van der Waals surface area contributed by atoms with Crippen LogP contribution in [0.2, 0.25) is 0 Å². The highest BCUT2D eigenvalue weighted by Gasteiger charge is 2.14. The third-order valence-electron chi connectivity index (χ3n) is 3.25. The van der Waals surface area contributed by atoms with Crippen molar-refractivity contribution in [3.05, 3.63) is 11.9 Å². The van der Waals surface area contributed by atoms with E-state index in [1.807, 2.05) is 6.92 Å². The first-order valence-corrected chi connectivity index (χ1v) is 6.65. The van der Waals surface area contributed by atoms with Crippen molar-refractivity contribution in [3.8, 4) is 0 Å². The van der Waals surface area contributed by atoms with Crippen LogP contribution >= 0.6 is 0 Å². The molecule has 2 rings (SSSR count). The maximum absolute atomic E-state index is 5.37. The third-order valence-corrected chi connectivity index (χ3v) is 3.25. The zero-order chi connectivity index (χ0) is 12.1. The molecule has 0 saturated carbocycles. The molecule has 0 bridgehead atoms. The van der Waals surface area contributed by atoms with Gasteiger partial charge in [-0.1, -0.05) is 6.92 Å². The number of anilines is 1. The van der Waals surface area contributed by atoms with E-state index in [2.05, 4.69) is 28.0 Å². The molecular weight excluding hydrogens is 214 g/mol. The van der Waals surface area contributed by atoms with Crippen molar-refractivity contribution in [3.63, 3.8) is 0 Å². The predicted molar refractivity (Wildman–Crippen MR) is 69.3 cm³/mol. The number of hydrogen-bond donors (Lipinski definition) is 1. The van der Waals surface area contributed by atoms with Crippen molar-refractivity contribution in [1.29, 1.82) is 0 Å². The molecule has 1 saturated heterocycles. The molecule has 0 spiro atoms. The first kappa shape index (κ1) is 12.4. The van der Waals surface area contributed by atoms with Gasteiger partial charge in [-0.15, -0.1) is 0 Å². The van der Waals surface area contributed by atoms with E-state index in [4.69, 9.17) is 4.74 Å². The van der Waals surface area contributed by atoms with Crippen molar-refractivity contribution in [2.24, 2.45) is 5.92 Å². The van der Waals surface area contributed by atoms with Gasteiger partial charge in [0.2, 0.25) is 5.95 Å². The summed E-state index contributed by atoms with van der Waals surface area (Å²) in [5.41, 5.74) is 1.09. The molecular formula is C13H23N3O. The van der Waals surface area contributed by atoms with Crippen LogP contribution in [-0.4, -0.2) is 29.3 Å². The van der Waals surface area contributed by atoms with Gasteiger partial charge in [-0.3, -0.25) is 0 Å². The van der Waals surface area contributed by atoms with Crippen LogP contribution in [0.15, 0.2) is 6.20 Å². The molecule has 1 fully saturated rings. The molecule has 0 unspecified atom stereocenters. The monoisotopic (exact) mass is 237 g/mol. The lowest BCUT2D eigenvalue weighted by Gasteiger charge is -2.22. The Labute approximate surface area is 103 Å². The minimum absolute atomic E-state index is 0.732. The average Bonchev–Trinajstić information content (AvgIpc) is 2.69. The Kier molecular flexibility index (Phi) is 4.42. The van der Waals surface area contributed by atoms with E-state index >= 15 is 0 Å². The topological polar surface area (TPSA) is 39.1 Å². The van der Waals surface area contributed by atoms with Gasteiger partial charge in [0.05, 0.1) is 5.69 Å². The number of nitrogens with one attached hydrogen (secondary N) is 1. The van der Waals surface area contributed by atoms with Crippen LogP contribution in [0.25, 0.3) is 0 Å². The van der Waals surface area contributed by atoms with Crippen molar-refractivity contribution in [2.45, 2.75) is 39.7 Å². The van der Waals surface area contributed by atoms with Crippen molar-refractivity contribution in [2.75, 3.05) is 25.1 Å². The predicted octanol–water partition coefficient (Wildman–Crippen LogP) is 2.44. The number of aryl methyl sites for hydroxylation is 2. The summed E-state index contributed by atoms with van der Waals surface area (Å²) < 4.78 is 7.59. The maximum Gasteiger partial charge on any atom is 0.203 e. The Morgan fingerprint density at radius 2 is 2.24 bits per heavy atom. The van der Waals surface area contributed by atoms with Gasteiger partial charge < -0.3 is 14.6 Å². The molecule has 0 atom stereocenters. The Morgan fingerprint density at radius 3 is 2.94 bits per heavy atom. The van der Waals surface area contributed by atoms with Gasteiger partial charge in [0.25, 0.3) is 0 Å². The molecule has 4 heteroatoms. The Balaban J connectivity index is 1.88. The molecule has 17 heavy (non-hydrogen) atoms. The number of imidazole rings is 1. The summed E-state index contributed by atoms with van der Waals surface area (Å²) in [7, 11) is 0. The highest BCUT2D eigenvalue weighted by molar-refractivity contribution is 5.28. The Bertz CT molecular complexity index is 342. The van der Waals surface area contributed by atoms with Crippen LogP contribution in [0.4, 0.5) is 5.95 Å². The fourth-order valence-electron chi connectivity index (χ4n) is 2.29. The maximum atomic E-state index is 5.37. The van der Waals surface area contributed by atoms with Crippen LogP contribution < -0.4 is 5.32 Å². The number of hydrogen-bond acceptors (Lipinski definition) is 3. The normalized spacial score (nSPS) is 17.3. The molecule has 1 aromatic rings. The van der Waals surface area contributed by atoms with Gasteiger partial charge in [0.1, 0.15) is 0 Å². The van der Waals surface area contributed by atoms with E-state index in [-0.39, 0.29) is 0 Å². The molecule has 0 radical (unpaired) electrons. The van der Waals surface area contributed by atoms with E-state index in [9.17, 15) is 0 Å². The molecule has 2 heterocycles. The third kappa shape index (κ3) is 3.46. The Morgan fingerprint density at radius 1 is 1.47 bits per heavy atom. The molecule has 0 amide bonds. The molecule has 1 aliphatic rings. The van der Waals surface area contributed by atoms with Gasteiger partial charge >= 0.3 is 0 Å². The van der Waals surface area contributed by atoms with Gasteiger partial charge in [-0.25, -0.2) is 4.98 Å². The highest BCUT2D eigenvalue weighted by Crippen LogP contribution is 2.16. The summed E-state index contributed by atoms with van der Waals surface area (Å²) in [5, 5.41) is 3.48. The van der Waals surface area contributed by atoms with E-state index < -0.39 is 0 Å². The van der Waals surface area contributed by atoms with E-state index in [0.717, 1.165) is 50.3 Å². The molecule has 1 N–H and O–H groups in total. The summed E-state index contributed by atoms with van der Waals surface area (Å²) in [5.74, 6) is 1.76. The SMILES string of the molecule is CCCn1cc(C)nc1NCC1CCOCC1. The average molecular weight is 237 g/mol. The minimum atomic E-state index is 0.732. The van der Waals surface area contributed by atoms with Crippen LogP contribution in [0, 0.1) is 12.8 Å². The minimum Gasteiger partial charge on any atom is -0.381 e. The van der Waals surface area contributed by atoms with E-state index in [0.29, 0.717) is 0 Å². The molecule has 1 aliphatic heterocycles. The lowest BCUT2D eigenvalue weighted by atomic mass is 10.0. The molecule has 4 nitrogen and oxygen atoms in total. The van der Waals surface area contributed by atoms with Gasteiger partial charge in [-0.2, -0.15) is 0 Å². The smallest absolute Gasteiger partial charge is 0.203 e. The van der Waals surface area contributed by atoms with Crippen molar-refractivity contribution < 1.29 is 4.74 Å². The zero-order valence-electron chi connectivity index (χ0n) is 10.9. The first-order chi connectivity index (χ1) is 8.29. The fraction of sp³-hybridized carbons (Fsp3) is 0.769. The summed E-state index contributed by atoms with van der Waals surface area (Å²) in [6.45, 7) is 8.12. The van der Waals surface area contributed by atoms with Crippen LogP contribution in [0.1, 0.15) is 31.9 Å².